The van der Waals surface area contributed by atoms with E-state index < -0.39 is 42.1 Å². The number of ether oxygens (including phenoxy) is 1. The van der Waals surface area contributed by atoms with Crippen LogP contribution in [0.3, 0.4) is 0 Å². The fourth-order valence-corrected chi connectivity index (χ4v) is 4.91. The van der Waals surface area contributed by atoms with Gasteiger partial charge >= 0.3 is 5.97 Å². The van der Waals surface area contributed by atoms with Crippen molar-refractivity contribution in [1.82, 2.24) is 9.80 Å². The summed E-state index contributed by atoms with van der Waals surface area (Å²) in [5.74, 6) is -1.15. The lowest BCUT2D eigenvalue weighted by molar-refractivity contribution is -0.119. The molecule has 8 heteroatoms. The Balaban J connectivity index is 1.53. The Morgan fingerprint density at radius 2 is 1.70 bits per heavy atom. The smallest absolute Gasteiger partial charge is 0.337 e. The number of hydrogen-bond acceptors (Lipinski definition) is 6. The molecule has 8 nitrogen and oxygen atoms in total. The maximum Gasteiger partial charge on any atom is 0.337 e. The molecule has 1 N–H and O–H groups in total. The number of fused-ring (bicyclic) bond motifs is 1. The van der Waals surface area contributed by atoms with Gasteiger partial charge in [0.05, 0.1) is 31.6 Å². The predicted molar refractivity (Wildman–Crippen MR) is 157 cm³/mol. The van der Waals surface area contributed by atoms with Crippen LogP contribution < -0.4 is 10.2 Å². The number of nitrogens with one attached hydrogen (secondary N) is 1. The normalized spacial score (nSPS) is 18.5. The van der Waals surface area contributed by atoms with Gasteiger partial charge in [0.2, 0.25) is 5.91 Å². The van der Waals surface area contributed by atoms with Gasteiger partial charge in [-0.2, -0.15) is 0 Å². The largest absolute Gasteiger partial charge is 0.465 e. The van der Waals surface area contributed by atoms with Gasteiger partial charge in [-0.3, -0.25) is 14.5 Å². The summed E-state index contributed by atoms with van der Waals surface area (Å²) in [6, 6.07) is 9.29. The van der Waals surface area contributed by atoms with E-state index in [1.807, 2.05) is 0 Å². The lowest BCUT2D eigenvalue weighted by atomic mass is 9.90. The fraction of sp³-hybridized carbons (Fsp3) is 0.281. The van der Waals surface area contributed by atoms with E-state index in [1.165, 1.54) is 19.2 Å². The summed E-state index contributed by atoms with van der Waals surface area (Å²) in [6.45, 7) is 3.78. The quantitative estimate of drug-likeness (QED) is 0.361. The van der Waals surface area contributed by atoms with Crippen molar-refractivity contribution in [3.63, 3.8) is 0 Å². The van der Waals surface area contributed by atoms with Crippen molar-refractivity contribution in [2.24, 2.45) is 0 Å². The number of amides is 2. The molecule has 0 unspecified atom stereocenters. The molecule has 3 aromatic carbocycles. The summed E-state index contributed by atoms with van der Waals surface area (Å²) in [5, 5.41) is 2.75. The third kappa shape index (κ3) is 5.83. The molecule has 0 aliphatic carbocycles. The first kappa shape index (κ1) is 21.5. The number of carbonyl (C=O) groups excluding carboxylic acids is 3. The maximum atomic E-state index is 13.5. The fourth-order valence-electron chi connectivity index (χ4n) is 4.91. The molecular weight excluding hydrogens is 504 g/mol. The number of nitrogens with zero attached hydrogens (tertiary/aromatic N) is 3. The predicted octanol–water partition coefficient (Wildman–Crippen LogP) is 3.79. The van der Waals surface area contributed by atoms with Crippen LogP contribution in [0.5, 0.6) is 0 Å². The van der Waals surface area contributed by atoms with Gasteiger partial charge in [-0.15, -0.1) is 0 Å². The van der Waals surface area contributed by atoms with Gasteiger partial charge in [-0.25, -0.2) is 4.79 Å². The Hall–Kier alpha value is -4.27. The van der Waals surface area contributed by atoms with Gasteiger partial charge in [0.25, 0.3) is 5.91 Å². The standard InChI is InChI=1S/C32H34N4O4/c1-34-15-17-36(18-16-34)21-29(37)35(2)25-12-9-22(10-13-25)19-27(23-7-5-4-6-8-23)30-26-14-11-24(32(39)40-3)20-28(26)33-31(30)38/h4-14,20H,15-19,21H2,1-3H3,(H,33,38)/b30-27+/i4D,5D,6D,7D,8D. The summed E-state index contributed by atoms with van der Waals surface area (Å²) in [7, 11) is 5.03. The molecule has 0 saturated carbocycles. The van der Waals surface area contributed by atoms with Crippen LogP contribution >= 0.6 is 0 Å². The van der Waals surface area contributed by atoms with E-state index in [2.05, 4.69) is 22.2 Å². The van der Waals surface area contributed by atoms with E-state index in [4.69, 9.17) is 11.6 Å². The van der Waals surface area contributed by atoms with Gasteiger partial charge in [0.15, 0.2) is 0 Å². The summed E-state index contributed by atoms with van der Waals surface area (Å²) in [6.07, 6.45) is 0.0498. The highest BCUT2D eigenvalue weighted by Gasteiger charge is 2.29. The number of anilines is 2. The average molecular weight is 544 g/mol. The van der Waals surface area contributed by atoms with Crippen molar-refractivity contribution in [2.45, 2.75) is 6.42 Å². The third-order valence-electron chi connectivity index (χ3n) is 7.32. The van der Waals surface area contributed by atoms with Gasteiger partial charge in [0.1, 0.15) is 0 Å². The number of likely N-dealkylation sites (N-methyl/N-ethyl adjacent to an activating group) is 2. The summed E-state index contributed by atoms with van der Waals surface area (Å²) in [4.78, 5) is 44.5. The first-order chi connectivity index (χ1) is 21.4. The zero-order valence-corrected chi connectivity index (χ0v) is 22.8. The van der Waals surface area contributed by atoms with E-state index in [9.17, 15) is 14.4 Å². The summed E-state index contributed by atoms with van der Waals surface area (Å²) < 4.78 is 46.7. The second-order valence-corrected chi connectivity index (χ2v) is 9.94. The number of rotatable bonds is 7. The molecule has 2 aliphatic heterocycles. The highest BCUT2D eigenvalue weighted by Crippen LogP contribution is 2.39. The Bertz CT molecular complexity index is 1690. The van der Waals surface area contributed by atoms with Crippen molar-refractivity contribution in [3.8, 4) is 0 Å². The molecule has 2 aliphatic rings. The van der Waals surface area contributed by atoms with Gasteiger partial charge in [-0.05, 0) is 54.4 Å². The van der Waals surface area contributed by atoms with E-state index in [1.54, 1.807) is 42.3 Å². The molecule has 0 spiro atoms. The molecule has 5 rings (SSSR count). The molecule has 2 heterocycles. The topological polar surface area (TPSA) is 82.2 Å². The Morgan fingerprint density at radius 1 is 1.00 bits per heavy atom. The monoisotopic (exact) mass is 543 g/mol. The molecule has 2 amide bonds. The van der Waals surface area contributed by atoms with Crippen molar-refractivity contribution in [1.29, 1.82) is 0 Å². The van der Waals surface area contributed by atoms with Crippen LogP contribution in [0, 0.1) is 0 Å². The lowest BCUT2D eigenvalue weighted by Crippen LogP contribution is -2.48. The number of carbonyl (C=O) groups is 3. The number of methoxy groups -OCH3 is 1. The van der Waals surface area contributed by atoms with Gasteiger partial charge in [0, 0.05) is 50.2 Å². The lowest BCUT2D eigenvalue weighted by Gasteiger charge is -2.32. The minimum atomic E-state index is -0.581. The van der Waals surface area contributed by atoms with Crippen LogP contribution in [0.4, 0.5) is 11.4 Å². The first-order valence-electron chi connectivity index (χ1n) is 15.5. The molecule has 0 aromatic heterocycles. The molecular formula is C32H34N4O4. The third-order valence-corrected chi connectivity index (χ3v) is 7.32. The zero-order chi connectivity index (χ0) is 32.6. The molecule has 0 bridgehead atoms. The first-order valence-corrected chi connectivity index (χ1v) is 13.0. The molecule has 0 radical (unpaired) electrons. The van der Waals surface area contributed by atoms with Crippen LogP contribution in [0.1, 0.15) is 33.9 Å². The maximum absolute atomic E-state index is 13.5. The number of esters is 1. The molecule has 1 saturated heterocycles. The Kier molecular flexibility index (Phi) is 6.38. The Labute approximate surface area is 241 Å². The number of hydrogen-bond donors (Lipinski definition) is 1. The molecule has 3 aromatic rings. The van der Waals surface area contributed by atoms with E-state index in [-0.39, 0.29) is 34.6 Å². The number of piperazine rings is 1. The van der Waals surface area contributed by atoms with Gasteiger partial charge < -0.3 is 19.9 Å². The van der Waals surface area contributed by atoms with Crippen LogP contribution in [0.2, 0.25) is 0 Å². The minimum absolute atomic E-state index is 0.0419. The molecule has 40 heavy (non-hydrogen) atoms. The van der Waals surface area contributed by atoms with Crippen LogP contribution in [-0.4, -0.2) is 81.5 Å². The minimum Gasteiger partial charge on any atom is -0.465 e. The van der Waals surface area contributed by atoms with E-state index >= 15 is 0 Å². The Morgan fingerprint density at radius 3 is 2.38 bits per heavy atom. The van der Waals surface area contributed by atoms with Crippen molar-refractivity contribution in [2.75, 3.05) is 64.1 Å². The van der Waals surface area contributed by atoms with Crippen molar-refractivity contribution in [3.05, 3.63) is 94.9 Å². The average Bonchev–Trinajstić information content (AvgIpc) is 3.37. The highest BCUT2D eigenvalue weighted by molar-refractivity contribution is 6.37. The summed E-state index contributed by atoms with van der Waals surface area (Å²) >= 11 is 0. The van der Waals surface area contributed by atoms with Crippen molar-refractivity contribution >= 4 is 40.3 Å². The highest BCUT2D eigenvalue weighted by atomic mass is 16.5. The molecule has 0 atom stereocenters. The van der Waals surface area contributed by atoms with Crippen LogP contribution in [0.15, 0.2) is 72.7 Å². The molecule has 1 fully saturated rings. The van der Waals surface area contributed by atoms with Crippen molar-refractivity contribution < 1.29 is 26.0 Å². The van der Waals surface area contributed by atoms with E-state index in [0.717, 1.165) is 26.2 Å². The second kappa shape index (κ2) is 11.9. The summed E-state index contributed by atoms with van der Waals surface area (Å²) in [5.41, 5.74) is 2.67. The zero-order valence-electron chi connectivity index (χ0n) is 27.8. The van der Waals surface area contributed by atoms with Crippen LogP contribution in [0.25, 0.3) is 11.1 Å². The van der Waals surface area contributed by atoms with E-state index in [0.29, 0.717) is 29.0 Å². The molecule has 206 valence electrons. The van der Waals surface area contributed by atoms with Crippen LogP contribution in [-0.2, 0) is 20.7 Å². The number of benzene rings is 3. The number of allylic oxidation sites excluding steroid dienone is 1. The SMILES string of the molecule is [2H]c1c([2H])c([2H])c(/C(Cc2ccc(N(C)C(=O)CN3CCN(C)CC3)cc2)=C2/C(=O)Nc3cc(C(=O)OC)ccc32)c([2H])c1[2H]. The van der Waals surface area contributed by atoms with Gasteiger partial charge in [-0.1, -0.05) is 48.4 Å². The second-order valence-electron chi connectivity index (χ2n) is 9.94.